The molecule has 0 aliphatic rings. The number of nitrogen functional groups attached to an aromatic ring is 1. The Morgan fingerprint density at radius 2 is 2.00 bits per heavy atom. The minimum atomic E-state index is -3.56. The van der Waals surface area contributed by atoms with E-state index in [2.05, 4.69) is 0 Å². The standard InChI is InChI=1S/C13H15ClN2O2S2/c1-9-3-4-10(15)7-12(9)20(17,18)16(2)8-11-5-6-13(14)19-11/h3-7H,8,15H2,1-2H3. The predicted molar refractivity (Wildman–Crippen MR) is 83.6 cm³/mol. The molecule has 0 amide bonds. The summed E-state index contributed by atoms with van der Waals surface area (Å²) in [5.41, 5.74) is 6.79. The van der Waals surface area contributed by atoms with Crippen LogP contribution in [0.15, 0.2) is 35.2 Å². The number of hydrogen-bond acceptors (Lipinski definition) is 4. The lowest BCUT2D eigenvalue weighted by Gasteiger charge is -2.18. The zero-order valence-electron chi connectivity index (χ0n) is 11.1. The number of hydrogen-bond donors (Lipinski definition) is 1. The smallest absolute Gasteiger partial charge is 0.243 e. The molecule has 1 aromatic carbocycles. The maximum Gasteiger partial charge on any atom is 0.243 e. The lowest BCUT2D eigenvalue weighted by molar-refractivity contribution is 0.469. The molecule has 20 heavy (non-hydrogen) atoms. The highest BCUT2D eigenvalue weighted by Gasteiger charge is 2.23. The van der Waals surface area contributed by atoms with Crippen LogP contribution in [0.3, 0.4) is 0 Å². The Bertz CT molecular complexity index is 726. The first kappa shape index (κ1) is 15.3. The normalized spacial score (nSPS) is 12.0. The third-order valence-corrected chi connectivity index (χ3v) is 6.07. The predicted octanol–water partition coefficient (Wildman–Crippen LogP) is 3.11. The van der Waals surface area contributed by atoms with Gasteiger partial charge in [0.05, 0.1) is 9.23 Å². The molecule has 4 nitrogen and oxygen atoms in total. The van der Waals surface area contributed by atoms with Crippen molar-refractivity contribution in [2.75, 3.05) is 12.8 Å². The molecule has 0 aliphatic carbocycles. The Balaban J connectivity index is 2.32. The topological polar surface area (TPSA) is 63.4 Å². The number of nitrogens with two attached hydrogens (primary N) is 1. The second-order valence-electron chi connectivity index (χ2n) is 4.49. The minimum absolute atomic E-state index is 0.239. The SMILES string of the molecule is Cc1ccc(N)cc1S(=O)(=O)N(C)Cc1ccc(Cl)s1. The number of aryl methyl sites for hydroxylation is 1. The van der Waals surface area contributed by atoms with Crippen molar-refractivity contribution in [3.63, 3.8) is 0 Å². The quantitative estimate of drug-likeness (QED) is 0.876. The molecule has 2 aromatic rings. The van der Waals surface area contributed by atoms with Gasteiger partial charge < -0.3 is 5.73 Å². The molecule has 0 aliphatic heterocycles. The number of benzene rings is 1. The van der Waals surface area contributed by atoms with Gasteiger partial charge in [-0.05, 0) is 36.8 Å². The lowest BCUT2D eigenvalue weighted by Crippen LogP contribution is -2.26. The zero-order valence-corrected chi connectivity index (χ0v) is 13.5. The van der Waals surface area contributed by atoms with E-state index in [-0.39, 0.29) is 11.4 Å². The summed E-state index contributed by atoms with van der Waals surface area (Å²) in [4.78, 5) is 1.13. The molecule has 108 valence electrons. The number of nitrogens with zero attached hydrogens (tertiary/aromatic N) is 1. The summed E-state index contributed by atoms with van der Waals surface area (Å²) in [6.45, 7) is 2.04. The molecule has 2 N–H and O–H groups in total. The van der Waals surface area contributed by atoms with E-state index < -0.39 is 10.0 Å². The van der Waals surface area contributed by atoms with E-state index in [4.69, 9.17) is 17.3 Å². The van der Waals surface area contributed by atoms with Crippen molar-refractivity contribution in [1.82, 2.24) is 4.31 Å². The third-order valence-electron chi connectivity index (χ3n) is 2.91. The maximum atomic E-state index is 12.6. The van der Waals surface area contributed by atoms with E-state index in [0.29, 0.717) is 15.6 Å². The number of sulfonamides is 1. The van der Waals surface area contributed by atoms with Crippen molar-refractivity contribution in [1.29, 1.82) is 0 Å². The molecular weight excluding hydrogens is 316 g/mol. The van der Waals surface area contributed by atoms with Gasteiger partial charge in [0, 0.05) is 24.2 Å². The highest BCUT2D eigenvalue weighted by atomic mass is 35.5. The summed E-state index contributed by atoms with van der Waals surface area (Å²) in [5.74, 6) is 0. The van der Waals surface area contributed by atoms with Crippen LogP contribution in [0.2, 0.25) is 4.34 Å². The maximum absolute atomic E-state index is 12.6. The highest BCUT2D eigenvalue weighted by Crippen LogP contribution is 2.26. The molecule has 0 spiro atoms. The molecule has 0 saturated heterocycles. The average Bonchev–Trinajstić information content (AvgIpc) is 2.77. The van der Waals surface area contributed by atoms with Crippen LogP contribution < -0.4 is 5.73 Å². The Kier molecular flexibility index (Phi) is 4.39. The highest BCUT2D eigenvalue weighted by molar-refractivity contribution is 7.89. The molecule has 0 bridgehead atoms. The number of halogens is 1. The van der Waals surface area contributed by atoms with Gasteiger partial charge >= 0.3 is 0 Å². The fourth-order valence-electron chi connectivity index (χ4n) is 1.80. The Hall–Kier alpha value is -1.08. The first-order valence-corrected chi connectivity index (χ1v) is 8.51. The second-order valence-corrected chi connectivity index (χ2v) is 8.30. The fourth-order valence-corrected chi connectivity index (χ4v) is 4.43. The number of anilines is 1. The van der Waals surface area contributed by atoms with Gasteiger partial charge in [-0.2, -0.15) is 4.31 Å². The summed E-state index contributed by atoms with van der Waals surface area (Å²) < 4.78 is 27.1. The van der Waals surface area contributed by atoms with Gasteiger partial charge in [-0.1, -0.05) is 17.7 Å². The molecule has 0 radical (unpaired) electrons. The van der Waals surface area contributed by atoms with Gasteiger partial charge in [0.1, 0.15) is 0 Å². The van der Waals surface area contributed by atoms with Crippen molar-refractivity contribution in [2.45, 2.75) is 18.4 Å². The van der Waals surface area contributed by atoms with E-state index in [1.54, 1.807) is 32.2 Å². The van der Waals surface area contributed by atoms with E-state index in [0.717, 1.165) is 4.88 Å². The van der Waals surface area contributed by atoms with Crippen molar-refractivity contribution in [3.8, 4) is 0 Å². The molecule has 0 unspecified atom stereocenters. The molecule has 0 fully saturated rings. The van der Waals surface area contributed by atoms with Crippen LogP contribution in [-0.4, -0.2) is 19.8 Å². The summed E-state index contributed by atoms with van der Waals surface area (Å²) in [6.07, 6.45) is 0. The van der Waals surface area contributed by atoms with Gasteiger partial charge in [0.15, 0.2) is 0 Å². The largest absolute Gasteiger partial charge is 0.399 e. The van der Waals surface area contributed by atoms with Crippen LogP contribution in [-0.2, 0) is 16.6 Å². The molecular formula is C13H15ClN2O2S2. The molecule has 7 heteroatoms. The van der Waals surface area contributed by atoms with Crippen LogP contribution in [0, 0.1) is 6.92 Å². The molecule has 1 heterocycles. The average molecular weight is 331 g/mol. The van der Waals surface area contributed by atoms with E-state index in [1.807, 2.05) is 6.07 Å². The Morgan fingerprint density at radius 3 is 2.60 bits per heavy atom. The van der Waals surface area contributed by atoms with E-state index >= 15 is 0 Å². The molecule has 0 saturated carbocycles. The second kappa shape index (κ2) is 5.73. The van der Waals surface area contributed by atoms with Crippen molar-refractivity contribution < 1.29 is 8.42 Å². The van der Waals surface area contributed by atoms with Crippen LogP contribution in [0.25, 0.3) is 0 Å². The fraction of sp³-hybridized carbons (Fsp3) is 0.231. The summed E-state index contributed by atoms with van der Waals surface area (Å²) >= 11 is 7.22. The summed E-state index contributed by atoms with van der Waals surface area (Å²) in [7, 11) is -2.02. The third kappa shape index (κ3) is 3.15. The first-order valence-electron chi connectivity index (χ1n) is 5.87. The number of thiophene rings is 1. The monoisotopic (exact) mass is 330 g/mol. The van der Waals surface area contributed by atoms with Gasteiger partial charge in [-0.25, -0.2) is 8.42 Å². The molecule has 0 atom stereocenters. The van der Waals surface area contributed by atoms with Crippen LogP contribution in [0.5, 0.6) is 0 Å². The van der Waals surface area contributed by atoms with E-state index in [1.165, 1.54) is 21.7 Å². The van der Waals surface area contributed by atoms with Gasteiger partial charge in [-0.3, -0.25) is 0 Å². The zero-order chi connectivity index (χ0) is 14.9. The Morgan fingerprint density at radius 1 is 1.30 bits per heavy atom. The Labute approximate surface area is 127 Å². The van der Waals surface area contributed by atoms with Crippen molar-refractivity contribution in [3.05, 3.63) is 45.1 Å². The molecule has 1 aromatic heterocycles. The summed E-state index contributed by atoms with van der Waals surface area (Å²) in [5, 5.41) is 0. The van der Waals surface area contributed by atoms with Crippen molar-refractivity contribution >= 4 is 38.6 Å². The molecule has 2 rings (SSSR count). The van der Waals surface area contributed by atoms with E-state index in [9.17, 15) is 8.42 Å². The van der Waals surface area contributed by atoms with Gasteiger partial charge in [0.2, 0.25) is 10.0 Å². The number of rotatable bonds is 4. The van der Waals surface area contributed by atoms with Crippen molar-refractivity contribution in [2.24, 2.45) is 0 Å². The minimum Gasteiger partial charge on any atom is -0.399 e. The van der Waals surface area contributed by atoms with Gasteiger partial charge in [0.25, 0.3) is 0 Å². The van der Waals surface area contributed by atoms with Crippen LogP contribution in [0.4, 0.5) is 5.69 Å². The lowest BCUT2D eigenvalue weighted by atomic mass is 10.2. The summed E-state index contributed by atoms with van der Waals surface area (Å²) in [6, 6.07) is 8.47. The van der Waals surface area contributed by atoms with Crippen LogP contribution >= 0.6 is 22.9 Å². The van der Waals surface area contributed by atoms with Gasteiger partial charge in [-0.15, -0.1) is 11.3 Å². The first-order chi connectivity index (χ1) is 9.30. The van der Waals surface area contributed by atoms with Crippen LogP contribution in [0.1, 0.15) is 10.4 Å².